The number of carbonyl (C=O) groups is 1. The number of benzene rings is 2. The number of fused-ring (bicyclic) bond motifs is 1. The lowest BCUT2D eigenvalue weighted by atomic mass is 10.1. The van der Waals surface area contributed by atoms with Gasteiger partial charge in [-0.1, -0.05) is 36.4 Å². The molecule has 22 heavy (non-hydrogen) atoms. The lowest BCUT2D eigenvalue weighted by molar-refractivity contribution is -0.116. The predicted octanol–water partition coefficient (Wildman–Crippen LogP) is 2.95. The highest BCUT2D eigenvalue weighted by molar-refractivity contribution is 6.01. The van der Waals surface area contributed by atoms with Gasteiger partial charge in [0.15, 0.2) is 0 Å². The van der Waals surface area contributed by atoms with Crippen molar-refractivity contribution in [3.63, 3.8) is 0 Å². The van der Waals surface area contributed by atoms with Crippen LogP contribution in [0, 0.1) is 6.92 Å². The minimum Gasteiger partial charge on any atom is -0.324 e. The maximum Gasteiger partial charge on any atom is 0.251 e. The largest absolute Gasteiger partial charge is 0.324 e. The molecular formula is C18H16N2O2. The van der Waals surface area contributed by atoms with E-state index in [0.29, 0.717) is 0 Å². The van der Waals surface area contributed by atoms with Crippen LogP contribution >= 0.6 is 0 Å². The first kappa shape index (κ1) is 14.1. The molecule has 1 N–H and O–H groups in total. The quantitative estimate of drug-likeness (QED) is 0.807. The standard InChI is InChI=1S/C18H16N2O2/c1-13-9-10-20(18(22)11-13)12-17(21)19-16-8-4-6-14-5-2-3-7-15(14)16/h2-11H,12H2,1H3,(H,19,21). The van der Waals surface area contributed by atoms with E-state index in [1.165, 1.54) is 10.6 Å². The van der Waals surface area contributed by atoms with Gasteiger partial charge in [0, 0.05) is 23.3 Å². The SMILES string of the molecule is Cc1ccn(CC(=O)Nc2cccc3ccccc23)c(=O)c1. The van der Waals surface area contributed by atoms with E-state index in [4.69, 9.17) is 0 Å². The third-order valence-electron chi connectivity index (χ3n) is 3.53. The molecule has 0 aliphatic rings. The van der Waals surface area contributed by atoms with Gasteiger partial charge in [-0.15, -0.1) is 0 Å². The Kier molecular flexibility index (Phi) is 3.74. The molecule has 0 spiro atoms. The summed E-state index contributed by atoms with van der Waals surface area (Å²) < 4.78 is 1.40. The molecule has 110 valence electrons. The zero-order valence-corrected chi connectivity index (χ0v) is 12.2. The molecule has 1 heterocycles. The molecular weight excluding hydrogens is 276 g/mol. The summed E-state index contributed by atoms with van der Waals surface area (Å²) in [6.07, 6.45) is 1.64. The van der Waals surface area contributed by atoms with Crippen LogP contribution in [-0.2, 0) is 11.3 Å². The van der Waals surface area contributed by atoms with Gasteiger partial charge in [0.05, 0.1) is 0 Å². The molecule has 0 atom stereocenters. The molecule has 0 bridgehead atoms. The van der Waals surface area contributed by atoms with Gasteiger partial charge in [0.25, 0.3) is 5.56 Å². The molecule has 3 aromatic rings. The van der Waals surface area contributed by atoms with Crippen molar-refractivity contribution in [1.82, 2.24) is 4.57 Å². The van der Waals surface area contributed by atoms with E-state index in [2.05, 4.69) is 5.32 Å². The Morgan fingerprint density at radius 3 is 2.68 bits per heavy atom. The topological polar surface area (TPSA) is 51.1 Å². The molecule has 4 heteroatoms. The number of nitrogens with zero attached hydrogens (tertiary/aromatic N) is 1. The van der Waals surface area contributed by atoms with E-state index < -0.39 is 0 Å². The molecule has 0 unspecified atom stereocenters. The fourth-order valence-electron chi connectivity index (χ4n) is 2.42. The van der Waals surface area contributed by atoms with Crippen molar-refractivity contribution in [3.8, 4) is 0 Å². The van der Waals surface area contributed by atoms with Crippen LogP contribution in [0.15, 0.2) is 65.6 Å². The summed E-state index contributed by atoms with van der Waals surface area (Å²) in [5.74, 6) is -0.220. The van der Waals surface area contributed by atoms with Crippen LogP contribution in [-0.4, -0.2) is 10.5 Å². The number of amides is 1. The van der Waals surface area contributed by atoms with Crippen LogP contribution in [0.4, 0.5) is 5.69 Å². The highest BCUT2D eigenvalue weighted by atomic mass is 16.2. The lowest BCUT2D eigenvalue weighted by Gasteiger charge is -2.10. The summed E-state index contributed by atoms with van der Waals surface area (Å²) in [4.78, 5) is 24.0. The van der Waals surface area contributed by atoms with Gasteiger partial charge < -0.3 is 9.88 Å². The van der Waals surface area contributed by atoms with Gasteiger partial charge in [0.1, 0.15) is 6.54 Å². The highest BCUT2D eigenvalue weighted by Gasteiger charge is 2.07. The first-order chi connectivity index (χ1) is 10.6. The number of pyridine rings is 1. The van der Waals surface area contributed by atoms with Gasteiger partial charge in [-0.2, -0.15) is 0 Å². The number of nitrogens with one attached hydrogen (secondary N) is 1. The molecule has 0 aliphatic carbocycles. The van der Waals surface area contributed by atoms with E-state index in [-0.39, 0.29) is 18.0 Å². The molecule has 3 rings (SSSR count). The number of rotatable bonds is 3. The van der Waals surface area contributed by atoms with E-state index in [0.717, 1.165) is 22.0 Å². The average molecular weight is 292 g/mol. The first-order valence-corrected chi connectivity index (χ1v) is 7.08. The van der Waals surface area contributed by atoms with Crippen molar-refractivity contribution in [2.75, 3.05) is 5.32 Å². The zero-order chi connectivity index (χ0) is 15.5. The van der Waals surface area contributed by atoms with Crippen molar-refractivity contribution in [1.29, 1.82) is 0 Å². The minimum atomic E-state index is -0.220. The van der Waals surface area contributed by atoms with Crippen LogP contribution in [0.1, 0.15) is 5.56 Å². The Balaban J connectivity index is 1.83. The van der Waals surface area contributed by atoms with Gasteiger partial charge in [-0.25, -0.2) is 0 Å². The maximum absolute atomic E-state index is 12.2. The monoisotopic (exact) mass is 292 g/mol. The first-order valence-electron chi connectivity index (χ1n) is 7.08. The van der Waals surface area contributed by atoms with Crippen LogP contribution in [0.3, 0.4) is 0 Å². The second-order valence-electron chi connectivity index (χ2n) is 5.25. The number of aromatic nitrogens is 1. The van der Waals surface area contributed by atoms with Gasteiger partial charge in [-0.05, 0) is 30.0 Å². The Bertz CT molecular complexity index is 891. The van der Waals surface area contributed by atoms with Crippen LogP contribution in [0.5, 0.6) is 0 Å². The normalized spacial score (nSPS) is 10.6. The third-order valence-corrected chi connectivity index (χ3v) is 3.53. The summed E-state index contributed by atoms with van der Waals surface area (Å²) in [5.41, 5.74) is 1.46. The number of hydrogen-bond donors (Lipinski definition) is 1. The van der Waals surface area contributed by atoms with Crippen LogP contribution in [0.2, 0.25) is 0 Å². The van der Waals surface area contributed by atoms with Crippen molar-refractivity contribution in [2.45, 2.75) is 13.5 Å². The Morgan fingerprint density at radius 2 is 1.86 bits per heavy atom. The molecule has 1 amide bonds. The van der Waals surface area contributed by atoms with Crippen molar-refractivity contribution in [3.05, 3.63) is 76.7 Å². The van der Waals surface area contributed by atoms with E-state index in [1.54, 1.807) is 6.20 Å². The predicted molar refractivity (Wildman–Crippen MR) is 88.0 cm³/mol. The van der Waals surface area contributed by atoms with Crippen LogP contribution in [0.25, 0.3) is 10.8 Å². The Labute approximate surface area is 128 Å². The summed E-state index contributed by atoms with van der Waals surface area (Å²) in [6.45, 7) is 1.85. The molecule has 0 saturated carbocycles. The number of anilines is 1. The second kappa shape index (κ2) is 5.85. The molecule has 1 aromatic heterocycles. The number of carbonyl (C=O) groups excluding carboxylic acids is 1. The van der Waals surface area contributed by atoms with E-state index in [9.17, 15) is 9.59 Å². The maximum atomic E-state index is 12.2. The smallest absolute Gasteiger partial charge is 0.251 e. The van der Waals surface area contributed by atoms with Gasteiger partial charge >= 0.3 is 0 Å². The zero-order valence-electron chi connectivity index (χ0n) is 12.2. The lowest BCUT2D eigenvalue weighted by Crippen LogP contribution is -2.26. The minimum absolute atomic E-state index is 0.00232. The van der Waals surface area contributed by atoms with E-state index >= 15 is 0 Å². The van der Waals surface area contributed by atoms with Crippen molar-refractivity contribution >= 4 is 22.4 Å². The average Bonchev–Trinajstić information content (AvgIpc) is 2.50. The summed E-state index contributed by atoms with van der Waals surface area (Å²) in [6, 6.07) is 16.9. The number of aryl methyl sites for hydroxylation is 1. The summed E-state index contributed by atoms with van der Waals surface area (Å²) >= 11 is 0. The molecule has 0 aliphatic heterocycles. The highest BCUT2D eigenvalue weighted by Crippen LogP contribution is 2.22. The molecule has 0 saturated heterocycles. The fourth-order valence-corrected chi connectivity index (χ4v) is 2.42. The summed E-state index contributed by atoms with van der Waals surface area (Å²) in [7, 11) is 0. The van der Waals surface area contributed by atoms with Crippen molar-refractivity contribution < 1.29 is 4.79 Å². The molecule has 4 nitrogen and oxygen atoms in total. The number of hydrogen-bond acceptors (Lipinski definition) is 2. The summed E-state index contributed by atoms with van der Waals surface area (Å²) in [5, 5.41) is 4.92. The Hall–Kier alpha value is -2.88. The van der Waals surface area contributed by atoms with E-state index in [1.807, 2.05) is 55.5 Å². The molecule has 2 aromatic carbocycles. The van der Waals surface area contributed by atoms with Gasteiger partial charge in [-0.3, -0.25) is 9.59 Å². The van der Waals surface area contributed by atoms with Gasteiger partial charge in [0.2, 0.25) is 5.91 Å². The molecule has 0 fully saturated rings. The van der Waals surface area contributed by atoms with Crippen molar-refractivity contribution in [2.24, 2.45) is 0 Å². The second-order valence-corrected chi connectivity index (χ2v) is 5.25. The fraction of sp³-hybridized carbons (Fsp3) is 0.111. The Morgan fingerprint density at radius 1 is 1.09 bits per heavy atom. The van der Waals surface area contributed by atoms with Crippen LogP contribution < -0.4 is 10.9 Å². The molecule has 0 radical (unpaired) electrons. The third kappa shape index (κ3) is 2.91.